The lowest BCUT2D eigenvalue weighted by molar-refractivity contribution is -0.127. The molecule has 1 aromatic heterocycles. The molecule has 0 unspecified atom stereocenters. The minimum Gasteiger partial charge on any atom is -0.369 e. The fourth-order valence-corrected chi connectivity index (χ4v) is 1.23. The molecule has 0 fully saturated rings. The molecular weight excluding hydrogens is 208 g/mol. The number of amides is 1. The van der Waals surface area contributed by atoms with Crippen LogP contribution in [0.15, 0.2) is 4.52 Å². The van der Waals surface area contributed by atoms with Gasteiger partial charge in [-0.1, -0.05) is 5.16 Å². The Morgan fingerprint density at radius 3 is 2.69 bits per heavy atom. The summed E-state index contributed by atoms with van der Waals surface area (Å²) in [6.45, 7) is 7.97. The van der Waals surface area contributed by atoms with Crippen LogP contribution in [0.2, 0.25) is 0 Å². The molecule has 0 aliphatic rings. The van der Waals surface area contributed by atoms with Crippen LogP contribution in [0.25, 0.3) is 0 Å². The van der Waals surface area contributed by atoms with Gasteiger partial charge in [0, 0.05) is 12.1 Å². The summed E-state index contributed by atoms with van der Waals surface area (Å²) in [6.07, 6.45) is 0.0600. The third kappa shape index (κ3) is 3.66. The molecule has 90 valence electrons. The van der Waals surface area contributed by atoms with Gasteiger partial charge in [-0.05, 0) is 27.7 Å². The van der Waals surface area contributed by atoms with E-state index in [9.17, 15) is 4.79 Å². The predicted molar refractivity (Wildman–Crippen MR) is 58.9 cm³/mol. The Kier molecular flexibility index (Phi) is 4.49. The van der Waals surface area contributed by atoms with Crippen molar-refractivity contribution in [2.45, 2.75) is 40.3 Å². The monoisotopic (exact) mass is 226 g/mol. The van der Waals surface area contributed by atoms with Crippen molar-refractivity contribution in [2.75, 3.05) is 6.61 Å². The molecule has 0 saturated heterocycles. The number of hydrogen-bond donors (Lipinski definition) is 1. The predicted octanol–water partition coefficient (Wildman–Crippen LogP) is 1.33. The number of aryl methyl sites for hydroxylation is 2. The summed E-state index contributed by atoms with van der Waals surface area (Å²) in [5.74, 6) is 0.608. The highest BCUT2D eigenvalue weighted by atomic mass is 16.5. The van der Waals surface area contributed by atoms with Gasteiger partial charge < -0.3 is 14.6 Å². The molecule has 0 aliphatic heterocycles. The first-order valence-electron chi connectivity index (χ1n) is 5.30. The molecule has 0 bridgehead atoms. The van der Waals surface area contributed by atoms with E-state index >= 15 is 0 Å². The van der Waals surface area contributed by atoms with Gasteiger partial charge in [0.05, 0.1) is 11.8 Å². The van der Waals surface area contributed by atoms with Crippen molar-refractivity contribution in [2.24, 2.45) is 0 Å². The van der Waals surface area contributed by atoms with Crippen molar-refractivity contribution in [3.05, 3.63) is 17.0 Å². The van der Waals surface area contributed by atoms with Crippen LogP contribution in [0, 0.1) is 13.8 Å². The first kappa shape index (κ1) is 12.7. The summed E-state index contributed by atoms with van der Waals surface area (Å²) >= 11 is 0. The zero-order valence-electron chi connectivity index (χ0n) is 10.2. The third-order valence-electron chi connectivity index (χ3n) is 2.19. The van der Waals surface area contributed by atoms with Crippen molar-refractivity contribution in [1.82, 2.24) is 10.5 Å². The number of aromatic nitrogens is 1. The summed E-state index contributed by atoms with van der Waals surface area (Å²) in [5, 5.41) is 6.57. The van der Waals surface area contributed by atoms with Gasteiger partial charge in [-0.2, -0.15) is 0 Å². The minimum atomic E-state index is -0.131. The molecule has 16 heavy (non-hydrogen) atoms. The van der Waals surface area contributed by atoms with Crippen LogP contribution in [0.3, 0.4) is 0 Å². The van der Waals surface area contributed by atoms with E-state index < -0.39 is 0 Å². The maximum Gasteiger partial charge on any atom is 0.246 e. The molecule has 1 N–H and O–H groups in total. The van der Waals surface area contributed by atoms with Gasteiger partial charge in [-0.15, -0.1) is 0 Å². The number of rotatable bonds is 5. The van der Waals surface area contributed by atoms with Crippen LogP contribution in [0.1, 0.15) is 30.9 Å². The Morgan fingerprint density at radius 1 is 1.50 bits per heavy atom. The smallest absolute Gasteiger partial charge is 0.246 e. The van der Waals surface area contributed by atoms with Crippen LogP contribution in [0.5, 0.6) is 0 Å². The average molecular weight is 226 g/mol. The molecule has 0 aromatic carbocycles. The Morgan fingerprint density at radius 2 is 2.19 bits per heavy atom. The molecule has 0 radical (unpaired) electrons. The van der Waals surface area contributed by atoms with Gasteiger partial charge in [0.25, 0.3) is 0 Å². The van der Waals surface area contributed by atoms with E-state index in [1.807, 2.05) is 27.7 Å². The second-order valence-electron chi connectivity index (χ2n) is 3.94. The molecule has 5 nitrogen and oxygen atoms in total. The molecule has 1 rings (SSSR count). The standard InChI is InChI=1S/C11H18N2O3/c1-7(2)15-6-11(14)12-5-10-8(3)13-16-9(10)4/h7H,5-6H2,1-4H3,(H,12,14). The molecule has 0 saturated carbocycles. The van der Waals surface area contributed by atoms with E-state index in [-0.39, 0.29) is 18.6 Å². The minimum absolute atomic E-state index is 0.0600. The fraction of sp³-hybridized carbons (Fsp3) is 0.636. The molecule has 0 spiro atoms. The highest BCUT2D eigenvalue weighted by Crippen LogP contribution is 2.11. The molecule has 1 amide bonds. The second-order valence-corrected chi connectivity index (χ2v) is 3.94. The van der Waals surface area contributed by atoms with Crippen LogP contribution >= 0.6 is 0 Å². The maximum atomic E-state index is 11.4. The Hall–Kier alpha value is -1.36. The summed E-state index contributed by atoms with van der Waals surface area (Å²) in [4.78, 5) is 11.4. The van der Waals surface area contributed by atoms with Crippen LogP contribution in [-0.2, 0) is 16.1 Å². The molecule has 0 aliphatic carbocycles. The highest BCUT2D eigenvalue weighted by Gasteiger charge is 2.10. The van der Waals surface area contributed by atoms with Crippen molar-refractivity contribution in [1.29, 1.82) is 0 Å². The summed E-state index contributed by atoms with van der Waals surface area (Å²) in [5.41, 5.74) is 1.74. The Bertz CT molecular complexity index is 339. The van der Waals surface area contributed by atoms with E-state index in [0.717, 1.165) is 17.0 Å². The number of carbonyl (C=O) groups is 1. The molecule has 0 atom stereocenters. The van der Waals surface area contributed by atoms with Crippen molar-refractivity contribution in [3.63, 3.8) is 0 Å². The summed E-state index contributed by atoms with van der Waals surface area (Å²) < 4.78 is 10.2. The average Bonchev–Trinajstić information content (AvgIpc) is 2.53. The first-order chi connectivity index (χ1) is 7.50. The van der Waals surface area contributed by atoms with Crippen LogP contribution < -0.4 is 5.32 Å². The van der Waals surface area contributed by atoms with Gasteiger partial charge >= 0.3 is 0 Å². The van der Waals surface area contributed by atoms with Crippen LogP contribution in [0.4, 0.5) is 0 Å². The third-order valence-corrected chi connectivity index (χ3v) is 2.19. The first-order valence-corrected chi connectivity index (χ1v) is 5.30. The van der Waals surface area contributed by atoms with Gasteiger partial charge in [-0.3, -0.25) is 4.79 Å². The second kappa shape index (κ2) is 5.65. The SMILES string of the molecule is Cc1noc(C)c1CNC(=O)COC(C)C. The topological polar surface area (TPSA) is 64.4 Å². The Balaban J connectivity index is 2.37. The van der Waals surface area contributed by atoms with Gasteiger partial charge in [0.1, 0.15) is 12.4 Å². The quantitative estimate of drug-likeness (QED) is 0.822. The lowest BCUT2D eigenvalue weighted by atomic mass is 10.2. The number of ether oxygens (including phenoxy) is 1. The lowest BCUT2D eigenvalue weighted by Crippen LogP contribution is -2.28. The van der Waals surface area contributed by atoms with Gasteiger partial charge in [0.15, 0.2) is 0 Å². The number of nitrogens with one attached hydrogen (secondary N) is 1. The zero-order valence-corrected chi connectivity index (χ0v) is 10.2. The van der Waals surface area contributed by atoms with Gasteiger partial charge in [-0.25, -0.2) is 0 Å². The Labute approximate surface area is 95.1 Å². The molecule has 5 heteroatoms. The lowest BCUT2D eigenvalue weighted by Gasteiger charge is -2.08. The van der Waals surface area contributed by atoms with Crippen molar-refractivity contribution >= 4 is 5.91 Å². The van der Waals surface area contributed by atoms with Crippen LogP contribution in [-0.4, -0.2) is 23.8 Å². The van der Waals surface area contributed by atoms with Gasteiger partial charge in [0.2, 0.25) is 5.91 Å². The normalized spacial score (nSPS) is 10.8. The molecular formula is C11H18N2O3. The van der Waals surface area contributed by atoms with Crippen molar-refractivity contribution in [3.8, 4) is 0 Å². The number of hydrogen-bond acceptors (Lipinski definition) is 4. The van der Waals surface area contributed by atoms with E-state index in [4.69, 9.17) is 9.26 Å². The molecule has 1 aromatic rings. The zero-order chi connectivity index (χ0) is 12.1. The summed E-state index contributed by atoms with van der Waals surface area (Å²) in [7, 11) is 0. The van der Waals surface area contributed by atoms with E-state index in [1.54, 1.807) is 0 Å². The highest BCUT2D eigenvalue weighted by molar-refractivity contribution is 5.77. The molecule has 1 heterocycles. The number of nitrogens with zero attached hydrogens (tertiary/aromatic N) is 1. The summed E-state index contributed by atoms with van der Waals surface area (Å²) in [6, 6.07) is 0. The van der Waals surface area contributed by atoms with E-state index in [0.29, 0.717) is 6.54 Å². The number of carbonyl (C=O) groups excluding carboxylic acids is 1. The van der Waals surface area contributed by atoms with E-state index in [1.165, 1.54) is 0 Å². The fourth-order valence-electron chi connectivity index (χ4n) is 1.23. The van der Waals surface area contributed by atoms with Crippen molar-refractivity contribution < 1.29 is 14.1 Å². The largest absolute Gasteiger partial charge is 0.369 e. The maximum absolute atomic E-state index is 11.4. The van der Waals surface area contributed by atoms with E-state index in [2.05, 4.69) is 10.5 Å².